The summed E-state index contributed by atoms with van der Waals surface area (Å²) in [5.41, 5.74) is 2.39. The molecule has 0 saturated carbocycles. The SMILES string of the molecule is CC[C@@H]1CN(Cc2cc3n(n2)CCCNC3)CC[C@@H]1NS(C)(=O)=O. The van der Waals surface area contributed by atoms with Crippen LogP contribution in [-0.2, 0) is 29.7 Å². The van der Waals surface area contributed by atoms with Crippen molar-refractivity contribution in [3.63, 3.8) is 0 Å². The Labute approximate surface area is 144 Å². The lowest BCUT2D eigenvalue weighted by Gasteiger charge is -2.38. The first-order chi connectivity index (χ1) is 11.4. The second kappa shape index (κ2) is 7.51. The van der Waals surface area contributed by atoms with Crippen molar-refractivity contribution in [3.8, 4) is 0 Å². The summed E-state index contributed by atoms with van der Waals surface area (Å²) in [5.74, 6) is 0.357. The molecular weight excluding hydrogens is 326 g/mol. The molecule has 0 aromatic carbocycles. The van der Waals surface area contributed by atoms with Gasteiger partial charge in [-0.15, -0.1) is 0 Å². The third-order valence-corrected chi connectivity index (χ3v) is 5.77. The first kappa shape index (κ1) is 17.8. The van der Waals surface area contributed by atoms with E-state index >= 15 is 0 Å². The van der Waals surface area contributed by atoms with Gasteiger partial charge in [0.05, 0.1) is 17.6 Å². The zero-order valence-corrected chi connectivity index (χ0v) is 15.5. The van der Waals surface area contributed by atoms with Crippen LogP contribution in [-0.4, -0.2) is 55.0 Å². The van der Waals surface area contributed by atoms with E-state index in [0.717, 1.165) is 64.2 Å². The Kier molecular flexibility index (Phi) is 5.59. The molecule has 2 aliphatic heterocycles. The number of aryl methyl sites for hydroxylation is 1. The van der Waals surface area contributed by atoms with Crippen LogP contribution in [0, 0.1) is 5.92 Å². The Bertz CT molecular complexity index is 634. The lowest BCUT2D eigenvalue weighted by molar-refractivity contribution is 0.137. The molecule has 3 rings (SSSR count). The molecule has 3 heterocycles. The van der Waals surface area contributed by atoms with Crippen LogP contribution in [0.1, 0.15) is 37.6 Å². The maximum absolute atomic E-state index is 11.5. The Morgan fingerprint density at radius 3 is 3.00 bits per heavy atom. The lowest BCUT2D eigenvalue weighted by Crippen LogP contribution is -2.50. The molecule has 8 heteroatoms. The van der Waals surface area contributed by atoms with Crippen LogP contribution in [0.3, 0.4) is 0 Å². The van der Waals surface area contributed by atoms with E-state index in [-0.39, 0.29) is 6.04 Å². The maximum atomic E-state index is 11.5. The second-order valence-corrected chi connectivity index (χ2v) is 8.85. The van der Waals surface area contributed by atoms with E-state index in [1.165, 1.54) is 11.9 Å². The van der Waals surface area contributed by atoms with E-state index < -0.39 is 10.0 Å². The number of hydrogen-bond donors (Lipinski definition) is 2. The molecule has 1 saturated heterocycles. The summed E-state index contributed by atoms with van der Waals surface area (Å²) in [7, 11) is -3.14. The number of likely N-dealkylation sites (tertiary alicyclic amines) is 1. The minimum absolute atomic E-state index is 0.0594. The summed E-state index contributed by atoms with van der Waals surface area (Å²) in [6.07, 6.45) is 4.21. The van der Waals surface area contributed by atoms with Crippen LogP contribution < -0.4 is 10.0 Å². The summed E-state index contributed by atoms with van der Waals surface area (Å²) < 4.78 is 28.0. The summed E-state index contributed by atoms with van der Waals surface area (Å²) in [5, 5.41) is 8.18. The largest absolute Gasteiger partial charge is 0.311 e. The van der Waals surface area contributed by atoms with Crippen LogP contribution in [0.5, 0.6) is 0 Å². The molecule has 1 fully saturated rings. The molecule has 1 aromatic heterocycles. The summed E-state index contributed by atoms with van der Waals surface area (Å²) >= 11 is 0. The first-order valence-electron chi connectivity index (χ1n) is 8.90. The lowest BCUT2D eigenvalue weighted by atomic mass is 9.90. The average Bonchev–Trinajstić information content (AvgIpc) is 2.76. The van der Waals surface area contributed by atoms with Gasteiger partial charge < -0.3 is 5.32 Å². The normalized spacial score (nSPS) is 26.1. The number of piperidine rings is 1. The van der Waals surface area contributed by atoms with Gasteiger partial charge in [-0.05, 0) is 31.4 Å². The Morgan fingerprint density at radius 2 is 2.25 bits per heavy atom. The fourth-order valence-corrected chi connectivity index (χ4v) is 4.68. The fourth-order valence-electron chi connectivity index (χ4n) is 3.82. The predicted molar refractivity (Wildman–Crippen MR) is 94.0 cm³/mol. The smallest absolute Gasteiger partial charge is 0.208 e. The molecule has 2 N–H and O–H groups in total. The minimum atomic E-state index is -3.14. The minimum Gasteiger partial charge on any atom is -0.311 e. The van der Waals surface area contributed by atoms with Crippen LogP contribution in [0.25, 0.3) is 0 Å². The molecule has 0 bridgehead atoms. The molecule has 1 aromatic rings. The highest BCUT2D eigenvalue weighted by atomic mass is 32.2. The molecule has 2 aliphatic rings. The van der Waals surface area contributed by atoms with E-state index in [2.05, 4.69) is 32.6 Å². The number of fused-ring (bicyclic) bond motifs is 1. The number of sulfonamides is 1. The Morgan fingerprint density at radius 1 is 1.42 bits per heavy atom. The third kappa shape index (κ3) is 4.56. The van der Waals surface area contributed by atoms with Gasteiger partial charge in [0.15, 0.2) is 0 Å². The zero-order valence-electron chi connectivity index (χ0n) is 14.7. The molecule has 0 spiro atoms. The van der Waals surface area contributed by atoms with Crippen molar-refractivity contribution < 1.29 is 8.42 Å². The number of hydrogen-bond acceptors (Lipinski definition) is 5. The second-order valence-electron chi connectivity index (χ2n) is 7.07. The van der Waals surface area contributed by atoms with Gasteiger partial charge in [0, 0.05) is 38.8 Å². The fraction of sp³-hybridized carbons (Fsp3) is 0.812. The van der Waals surface area contributed by atoms with Crippen LogP contribution in [0.2, 0.25) is 0 Å². The molecule has 24 heavy (non-hydrogen) atoms. The van der Waals surface area contributed by atoms with Gasteiger partial charge in [0.1, 0.15) is 0 Å². The van der Waals surface area contributed by atoms with E-state index in [1.807, 2.05) is 0 Å². The van der Waals surface area contributed by atoms with Crippen LogP contribution >= 0.6 is 0 Å². The van der Waals surface area contributed by atoms with Gasteiger partial charge in [0.2, 0.25) is 10.0 Å². The number of rotatable bonds is 5. The quantitative estimate of drug-likeness (QED) is 0.805. The van der Waals surface area contributed by atoms with Crippen molar-refractivity contribution in [1.82, 2.24) is 24.7 Å². The van der Waals surface area contributed by atoms with E-state index in [1.54, 1.807) is 0 Å². The number of nitrogens with one attached hydrogen (secondary N) is 2. The third-order valence-electron chi connectivity index (χ3n) is 5.04. The first-order valence-corrected chi connectivity index (χ1v) is 10.8. The van der Waals surface area contributed by atoms with Gasteiger partial charge in [-0.1, -0.05) is 13.3 Å². The molecule has 2 atom stereocenters. The Hall–Kier alpha value is -0.960. The van der Waals surface area contributed by atoms with E-state index in [0.29, 0.717) is 5.92 Å². The highest BCUT2D eigenvalue weighted by molar-refractivity contribution is 7.88. The topological polar surface area (TPSA) is 79.3 Å². The summed E-state index contributed by atoms with van der Waals surface area (Å²) in [6, 6.07) is 2.27. The highest BCUT2D eigenvalue weighted by Gasteiger charge is 2.30. The highest BCUT2D eigenvalue weighted by Crippen LogP contribution is 2.22. The van der Waals surface area contributed by atoms with Crippen molar-refractivity contribution in [2.75, 3.05) is 25.9 Å². The van der Waals surface area contributed by atoms with Gasteiger partial charge in [-0.25, -0.2) is 13.1 Å². The maximum Gasteiger partial charge on any atom is 0.208 e. The van der Waals surface area contributed by atoms with E-state index in [9.17, 15) is 8.42 Å². The van der Waals surface area contributed by atoms with Gasteiger partial charge in [-0.3, -0.25) is 9.58 Å². The molecule has 0 unspecified atom stereocenters. The average molecular weight is 356 g/mol. The van der Waals surface area contributed by atoms with Gasteiger partial charge in [0.25, 0.3) is 0 Å². The van der Waals surface area contributed by atoms with Crippen LogP contribution in [0.15, 0.2) is 6.07 Å². The summed E-state index contributed by atoms with van der Waals surface area (Å²) in [6.45, 7) is 7.74. The molecule has 7 nitrogen and oxygen atoms in total. The van der Waals surface area contributed by atoms with Crippen molar-refractivity contribution >= 4 is 10.0 Å². The molecular formula is C16H29N5O2S. The molecule has 0 aliphatic carbocycles. The number of nitrogens with zero attached hydrogens (tertiary/aromatic N) is 3. The zero-order chi connectivity index (χ0) is 17.2. The molecule has 0 radical (unpaired) electrons. The Balaban J connectivity index is 1.61. The molecule has 0 amide bonds. The van der Waals surface area contributed by atoms with Crippen molar-refractivity contribution in [2.24, 2.45) is 5.92 Å². The van der Waals surface area contributed by atoms with Crippen molar-refractivity contribution in [2.45, 2.75) is 51.9 Å². The standard InChI is InChI=1S/C16H29N5O2S/c1-3-13-11-20(8-5-16(13)19-24(2,22)23)12-14-9-15-10-17-6-4-7-21(15)18-14/h9,13,16-17,19H,3-8,10-12H2,1-2H3/t13-,16+/m1/s1. The molecule has 136 valence electrons. The predicted octanol–water partition coefficient (Wildman–Crippen LogP) is 0.526. The van der Waals surface area contributed by atoms with Gasteiger partial charge in [-0.2, -0.15) is 5.10 Å². The summed E-state index contributed by atoms with van der Waals surface area (Å²) in [4.78, 5) is 2.41. The monoisotopic (exact) mass is 355 g/mol. The van der Waals surface area contributed by atoms with E-state index in [4.69, 9.17) is 5.10 Å². The van der Waals surface area contributed by atoms with Crippen molar-refractivity contribution in [3.05, 3.63) is 17.5 Å². The number of aromatic nitrogens is 2. The van der Waals surface area contributed by atoms with Crippen molar-refractivity contribution in [1.29, 1.82) is 0 Å². The van der Waals surface area contributed by atoms with Gasteiger partial charge >= 0.3 is 0 Å². The van der Waals surface area contributed by atoms with Crippen LogP contribution in [0.4, 0.5) is 0 Å².